The molecule has 1 aliphatic rings. The van der Waals surface area contributed by atoms with E-state index in [1.165, 1.54) is 0 Å². The topological polar surface area (TPSA) is 57.6 Å². The van der Waals surface area contributed by atoms with Crippen molar-refractivity contribution in [2.75, 3.05) is 6.54 Å². The molecule has 1 N–H and O–H groups in total. The summed E-state index contributed by atoms with van der Waals surface area (Å²) in [5.41, 5.74) is -0.144. The Morgan fingerprint density at radius 3 is 2.50 bits per heavy atom. The summed E-state index contributed by atoms with van der Waals surface area (Å²) in [5.74, 6) is -1.32. The van der Waals surface area contributed by atoms with Crippen LogP contribution in [0.3, 0.4) is 0 Å². The van der Waals surface area contributed by atoms with Crippen LogP contribution in [0.2, 0.25) is 0 Å². The molecular weight excluding hydrogens is 254 g/mol. The van der Waals surface area contributed by atoms with E-state index < -0.39 is 11.5 Å². The lowest BCUT2D eigenvalue weighted by Crippen LogP contribution is -2.58. The minimum atomic E-state index is -1.07. The van der Waals surface area contributed by atoms with Gasteiger partial charge in [-0.2, -0.15) is 0 Å². The first-order valence-corrected chi connectivity index (χ1v) is 7.06. The summed E-state index contributed by atoms with van der Waals surface area (Å²) >= 11 is 0. The smallest absolute Gasteiger partial charge is 0.329 e. The summed E-state index contributed by atoms with van der Waals surface area (Å²) in [6.45, 7) is 4.03. The summed E-state index contributed by atoms with van der Waals surface area (Å²) in [6.07, 6.45) is 2.25. The van der Waals surface area contributed by atoms with Crippen LogP contribution in [0, 0.1) is 0 Å². The molecule has 1 aliphatic heterocycles. The van der Waals surface area contributed by atoms with Crippen LogP contribution in [0.5, 0.6) is 0 Å². The normalized spacial score (nSPS) is 24.2. The molecule has 0 aromatic heterocycles. The number of nitrogens with zero attached hydrogens (tertiary/aromatic N) is 1. The van der Waals surface area contributed by atoms with Crippen molar-refractivity contribution in [2.45, 2.75) is 44.6 Å². The van der Waals surface area contributed by atoms with E-state index in [2.05, 4.69) is 0 Å². The van der Waals surface area contributed by atoms with Gasteiger partial charge in [0.2, 0.25) is 5.91 Å². The number of carbonyl (C=O) groups is 2. The first-order valence-electron chi connectivity index (χ1n) is 7.06. The maximum Gasteiger partial charge on any atom is 0.329 e. The van der Waals surface area contributed by atoms with Crippen LogP contribution in [-0.4, -0.2) is 34.0 Å². The van der Waals surface area contributed by atoms with Gasteiger partial charge in [0.15, 0.2) is 0 Å². The Balaban J connectivity index is 2.24. The van der Waals surface area contributed by atoms with E-state index in [4.69, 9.17) is 0 Å². The minimum absolute atomic E-state index is 0.0965. The second kappa shape index (κ2) is 5.65. The molecule has 0 radical (unpaired) electrons. The number of hydrogen-bond donors (Lipinski definition) is 1. The lowest BCUT2D eigenvalue weighted by molar-refractivity contribution is -0.161. The number of carbonyl (C=O) groups excluding carboxylic acids is 1. The SMILES string of the molecule is CC(C(=O)N1CCCCC1(C)C(=O)O)c1ccccc1. The second-order valence-corrected chi connectivity index (χ2v) is 5.66. The number of amides is 1. The average Bonchev–Trinajstić information content (AvgIpc) is 2.47. The molecule has 1 aromatic rings. The maximum absolute atomic E-state index is 12.7. The fraction of sp³-hybridized carbons (Fsp3) is 0.500. The zero-order valence-corrected chi connectivity index (χ0v) is 12.0. The van der Waals surface area contributed by atoms with Gasteiger partial charge in [-0.15, -0.1) is 0 Å². The Morgan fingerprint density at radius 2 is 1.90 bits per heavy atom. The molecule has 1 aromatic carbocycles. The number of likely N-dealkylation sites (tertiary alicyclic amines) is 1. The van der Waals surface area contributed by atoms with Gasteiger partial charge in [0.1, 0.15) is 5.54 Å². The van der Waals surface area contributed by atoms with Gasteiger partial charge in [-0.3, -0.25) is 4.79 Å². The molecule has 2 rings (SSSR count). The Bertz CT molecular complexity index is 500. The van der Waals surface area contributed by atoms with Crippen LogP contribution >= 0.6 is 0 Å². The number of carboxylic acid groups (broad SMARTS) is 1. The zero-order valence-electron chi connectivity index (χ0n) is 12.0. The van der Waals surface area contributed by atoms with E-state index in [9.17, 15) is 14.7 Å². The number of rotatable bonds is 3. The third-order valence-electron chi connectivity index (χ3n) is 4.29. The van der Waals surface area contributed by atoms with E-state index in [1.807, 2.05) is 37.3 Å². The highest BCUT2D eigenvalue weighted by molar-refractivity contribution is 5.90. The molecule has 108 valence electrons. The Labute approximate surface area is 119 Å². The summed E-state index contributed by atoms with van der Waals surface area (Å²) < 4.78 is 0. The van der Waals surface area contributed by atoms with E-state index in [-0.39, 0.29) is 11.8 Å². The molecular formula is C16H21NO3. The number of carboxylic acids is 1. The van der Waals surface area contributed by atoms with Crippen molar-refractivity contribution >= 4 is 11.9 Å². The zero-order chi connectivity index (χ0) is 14.8. The van der Waals surface area contributed by atoms with Gasteiger partial charge in [-0.05, 0) is 38.7 Å². The van der Waals surface area contributed by atoms with Crippen molar-refractivity contribution in [3.8, 4) is 0 Å². The highest BCUT2D eigenvalue weighted by Crippen LogP contribution is 2.31. The molecule has 2 unspecified atom stereocenters. The third-order valence-corrected chi connectivity index (χ3v) is 4.29. The van der Waals surface area contributed by atoms with E-state index in [0.717, 1.165) is 18.4 Å². The van der Waals surface area contributed by atoms with E-state index in [0.29, 0.717) is 13.0 Å². The average molecular weight is 275 g/mol. The molecule has 0 bridgehead atoms. The van der Waals surface area contributed by atoms with Gasteiger partial charge < -0.3 is 10.0 Å². The summed E-state index contributed by atoms with van der Waals surface area (Å²) in [5, 5.41) is 9.48. The summed E-state index contributed by atoms with van der Waals surface area (Å²) in [6, 6.07) is 9.51. The van der Waals surface area contributed by atoms with Crippen LogP contribution in [0.25, 0.3) is 0 Å². The largest absolute Gasteiger partial charge is 0.480 e. The summed E-state index contributed by atoms with van der Waals surface area (Å²) in [7, 11) is 0. The Kier molecular flexibility index (Phi) is 4.12. The molecule has 4 nitrogen and oxygen atoms in total. The maximum atomic E-state index is 12.7. The molecule has 20 heavy (non-hydrogen) atoms. The van der Waals surface area contributed by atoms with Gasteiger partial charge in [-0.1, -0.05) is 30.3 Å². The standard InChI is InChI=1S/C16H21NO3/c1-12(13-8-4-3-5-9-13)14(18)17-11-7-6-10-16(17,2)15(19)20/h3-5,8-9,12H,6-7,10-11H2,1-2H3,(H,19,20). The van der Waals surface area contributed by atoms with Crippen molar-refractivity contribution in [3.05, 3.63) is 35.9 Å². The predicted molar refractivity (Wildman–Crippen MR) is 76.5 cm³/mol. The number of hydrogen-bond acceptors (Lipinski definition) is 2. The third kappa shape index (κ3) is 2.55. The van der Waals surface area contributed by atoms with Crippen LogP contribution in [0.1, 0.15) is 44.6 Å². The van der Waals surface area contributed by atoms with Crippen molar-refractivity contribution in [3.63, 3.8) is 0 Å². The van der Waals surface area contributed by atoms with Gasteiger partial charge in [0, 0.05) is 6.54 Å². The molecule has 1 amide bonds. The monoisotopic (exact) mass is 275 g/mol. The highest BCUT2D eigenvalue weighted by atomic mass is 16.4. The summed E-state index contributed by atoms with van der Waals surface area (Å²) in [4.78, 5) is 25.8. The molecule has 1 fully saturated rings. The quantitative estimate of drug-likeness (QED) is 0.922. The predicted octanol–water partition coefficient (Wildman–Crippen LogP) is 2.65. The molecule has 1 heterocycles. The Morgan fingerprint density at radius 1 is 1.25 bits per heavy atom. The molecule has 2 atom stereocenters. The van der Waals surface area contributed by atoms with Crippen LogP contribution < -0.4 is 0 Å². The molecule has 0 spiro atoms. The second-order valence-electron chi connectivity index (χ2n) is 5.66. The van der Waals surface area contributed by atoms with Crippen molar-refractivity contribution in [2.24, 2.45) is 0 Å². The van der Waals surface area contributed by atoms with Crippen molar-refractivity contribution in [1.29, 1.82) is 0 Å². The van der Waals surface area contributed by atoms with Gasteiger partial charge in [0.05, 0.1) is 5.92 Å². The lowest BCUT2D eigenvalue weighted by Gasteiger charge is -2.42. The van der Waals surface area contributed by atoms with Crippen LogP contribution in [-0.2, 0) is 9.59 Å². The number of benzene rings is 1. The number of aliphatic carboxylic acids is 1. The fourth-order valence-corrected chi connectivity index (χ4v) is 2.81. The number of piperidine rings is 1. The highest BCUT2D eigenvalue weighted by Gasteiger charge is 2.44. The van der Waals surface area contributed by atoms with E-state index in [1.54, 1.807) is 11.8 Å². The van der Waals surface area contributed by atoms with E-state index >= 15 is 0 Å². The minimum Gasteiger partial charge on any atom is -0.480 e. The first kappa shape index (κ1) is 14.6. The van der Waals surface area contributed by atoms with Crippen LogP contribution in [0.4, 0.5) is 0 Å². The van der Waals surface area contributed by atoms with Crippen molar-refractivity contribution in [1.82, 2.24) is 4.90 Å². The van der Waals surface area contributed by atoms with Gasteiger partial charge >= 0.3 is 5.97 Å². The lowest BCUT2D eigenvalue weighted by atomic mass is 9.86. The Hall–Kier alpha value is -1.84. The van der Waals surface area contributed by atoms with Crippen LogP contribution in [0.15, 0.2) is 30.3 Å². The van der Waals surface area contributed by atoms with Gasteiger partial charge in [-0.25, -0.2) is 4.79 Å². The molecule has 1 saturated heterocycles. The molecule has 0 aliphatic carbocycles. The van der Waals surface area contributed by atoms with Crippen molar-refractivity contribution < 1.29 is 14.7 Å². The molecule has 0 saturated carbocycles. The van der Waals surface area contributed by atoms with Gasteiger partial charge in [0.25, 0.3) is 0 Å². The fourth-order valence-electron chi connectivity index (χ4n) is 2.81. The molecule has 4 heteroatoms. The first-order chi connectivity index (χ1) is 9.47.